The number of nitrogens with one attached hydrogen (secondary N) is 1. The summed E-state index contributed by atoms with van der Waals surface area (Å²) < 4.78 is 10.1. The van der Waals surface area contributed by atoms with Gasteiger partial charge in [-0.1, -0.05) is 39.5 Å². The van der Waals surface area contributed by atoms with Crippen LogP contribution < -0.4 is 10.1 Å². The lowest BCUT2D eigenvalue weighted by molar-refractivity contribution is -0.138. The second kappa shape index (κ2) is 7.30. The Morgan fingerprint density at radius 1 is 1.24 bits per heavy atom. The molecule has 1 N–H and O–H groups in total. The van der Waals surface area contributed by atoms with Crippen molar-refractivity contribution in [3.63, 3.8) is 0 Å². The highest BCUT2D eigenvalue weighted by molar-refractivity contribution is 5.86. The van der Waals surface area contributed by atoms with Gasteiger partial charge in [0.2, 0.25) is 0 Å². The Morgan fingerprint density at radius 3 is 2.32 bits per heavy atom. The lowest BCUT2D eigenvalue weighted by atomic mass is 9.86. The van der Waals surface area contributed by atoms with E-state index in [0.717, 1.165) is 6.42 Å². The van der Waals surface area contributed by atoms with Gasteiger partial charge in [0.25, 0.3) is 0 Å². The van der Waals surface area contributed by atoms with E-state index in [9.17, 15) is 9.59 Å². The third-order valence-corrected chi connectivity index (χ3v) is 5.09. The summed E-state index contributed by atoms with van der Waals surface area (Å²) in [5.74, 6) is 0.0171. The van der Waals surface area contributed by atoms with E-state index in [2.05, 4.69) is 32.7 Å². The van der Waals surface area contributed by atoms with E-state index in [1.54, 1.807) is 6.92 Å². The van der Waals surface area contributed by atoms with Crippen molar-refractivity contribution < 1.29 is 19.1 Å². The zero-order valence-corrected chi connectivity index (χ0v) is 15.5. The van der Waals surface area contributed by atoms with Gasteiger partial charge in [-0.15, -0.1) is 0 Å². The Labute approximate surface area is 149 Å². The van der Waals surface area contributed by atoms with Crippen molar-refractivity contribution >= 4 is 12.1 Å². The van der Waals surface area contributed by atoms with Gasteiger partial charge in [0.05, 0.1) is 6.54 Å². The number of hydrogen-bond donors (Lipinski definition) is 1. The van der Waals surface area contributed by atoms with Gasteiger partial charge in [-0.25, -0.2) is 9.59 Å². The molecule has 1 aliphatic rings. The van der Waals surface area contributed by atoms with Gasteiger partial charge >= 0.3 is 12.1 Å². The van der Waals surface area contributed by atoms with Crippen molar-refractivity contribution in [1.29, 1.82) is 0 Å². The summed E-state index contributed by atoms with van der Waals surface area (Å²) in [6, 6.07) is 7.72. The van der Waals surface area contributed by atoms with Crippen LogP contribution in [0.2, 0.25) is 0 Å². The number of hydrogen-bond acceptors (Lipinski definition) is 4. The largest absolute Gasteiger partial charge is 0.460 e. The Kier molecular flexibility index (Phi) is 5.55. The monoisotopic (exact) mass is 345 g/mol. The molecule has 2 rings (SSSR count). The first-order valence-electron chi connectivity index (χ1n) is 8.61. The number of rotatable bonds is 7. The lowest BCUT2D eigenvalue weighted by Gasteiger charge is -2.19. The summed E-state index contributed by atoms with van der Waals surface area (Å²) in [4.78, 5) is 23.0. The highest BCUT2D eigenvalue weighted by Crippen LogP contribution is 2.66. The first kappa shape index (κ1) is 19.0. The average Bonchev–Trinajstić information content (AvgIpc) is 3.14. The average molecular weight is 345 g/mol. The fourth-order valence-electron chi connectivity index (χ4n) is 3.42. The third-order valence-electron chi connectivity index (χ3n) is 5.09. The molecular formula is C20H27NO4. The molecule has 0 radical (unpaired) electrons. The van der Waals surface area contributed by atoms with Crippen LogP contribution in [0.4, 0.5) is 4.79 Å². The van der Waals surface area contributed by atoms with Crippen LogP contribution in [0.25, 0.3) is 0 Å². The number of benzene rings is 1. The minimum atomic E-state index is -0.573. The maximum Gasteiger partial charge on any atom is 0.412 e. The second-order valence-corrected chi connectivity index (χ2v) is 7.25. The molecule has 0 heterocycles. The first-order chi connectivity index (χ1) is 11.7. The SMILES string of the molecule is C=C(C)C(=O)OCCNC(=O)Oc1ccc(C2(CC)CC2(C)C)cc1. The van der Waals surface area contributed by atoms with E-state index in [1.165, 1.54) is 12.0 Å². The topological polar surface area (TPSA) is 64.6 Å². The highest BCUT2D eigenvalue weighted by Gasteiger charge is 2.60. The maximum absolute atomic E-state index is 11.8. The Bertz CT molecular complexity index is 663. The van der Waals surface area contributed by atoms with E-state index in [-0.39, 0.29) is 18.6 Å². The normalized spacial score (nSPS) is 20.5. The Balaban J connectivity index is 1.80. The first-order valence-corrected chi connectivity index (χ1v) is 8.61. The van der Waals surface area contributed by atoms with Gasteiger partial charge in [0.15, 0.2) is 0 Å². The van der Waals surface area contributed by atoms with Gasteiger partial charge < -0.3 is 14.8 Å². The van der Waals surface area contributed by atoms with Crippen LogP contribution in [-0.4, -0.2) is 25.2 Å². The third kappa shape index (κ3) is 4.21. The summed E-state index contributed by atoms with van der Waals surface area (Å²) in [7, 11) is 0. The van der Waals surface area contributed by atoms with Crippen molar-refractivity contribution in [1.82, 2.24) is 5.32 Å². The molecular weight excluding hydrogens is 318 g/mol. The minimum absolute atomic E-state index is 0.0772. The lowest BCUT2D eigenvalue weighted by Crippen LogP contribution is -2.30. The predicted molar refractivity (Wildman–Crippen MR) is 96.6 cm³/mol. The number of carbonyl (C=O) groups is 2. The minimum Gasteiger partial charge on any atom is -0.460 e. The van der Waals surface area contributed by atoms with Gasteiger partial charge in [-0.2, -0.15) is 0 Å². The van der Waals surface area contributed by atoms with Crippen molar-refractivity contribution in [3.05, 3.63) is 42.0 Å². The van der Waals surface area contributed by atoms with Gasteiger partial charge in [-0.3, -0.25) is 0 Å². The molecule has 0 spiro atoms. The number of ether oxygens (including phenoxy) is 2. The molecule has 25 heavy (non-hydrogen) atoms. The molecule has 1 amide bonds. The molecule has 0 aliphatic heterocycles. The maximum atomic E-state index is 11.8. The molecule has 1 fully saturated rings. The molecule has 0 saturated heterocycles. The summed E-state index contributed by atoms with van der Waals surface area (Å²) in [5, 5.41) is 2.54. The smallest absolute Gasteiger partial charge is 0.412 e. The standard InChI is InChI=1S/C20H27NO4/c1-6-20(13-19(20,4)5)15-7-9-16(10-8-15)25-18(23)21-11-12-24-17(22)14(2)3/h7-10H,2,6,11-13H2,1,3-5H3,(H,21,23). The van der Waals surface area contributed by atoms with E-state index in [4.69, 9.17) is 9.47 Å². The molecule has 1 aliphatic carbocycles. The van der Waals surface area contributed by atoms with Crippen LogP contribution in [0, 0.1) is 5.41 Å². The van der Waals surface area contributed by atoms with Gasteiger partial charge in [-0.05, 0) is 42.9 Å². The summed E-state index contributed by atoms with van der Waals surface area (Å²) in [6.45, 7) is 12.1. The summed E-state index contributed by atoms with van der Waals surface area (Å²) in [5.41, 5.74) is 2.18. The molecule has 136 valence electrons. The van der Waals surface area contributed by atoms with Crippen LogP contribution in [-0.2, 0) is 14.9 Å². The molecule has 1 atom stereocenters. The van der Waals surface area contributed by atoms with E-state index in [0.29, 0.717) is 16.7 Å². The molecule has 5 nitrogen and oxygen atoms in total. The number of amides is 1. The molecule has 1 saturated carbocycles. The zero-order valence-electron chi connectivity index (χ0n) is 15.5. The fourth-order valence-corrected chi connectivity index (χ4v) is 3.42. The van der Waals surface area contributed by atoms with Crippen LogP contribution in [0.5, 0.6) is 5.75 Å². The molecule has 0 aromatic heterocycles. The van der Waals surface area contributed by atoms with Crippen molar-refractivity contribution in [3.8, 4) is 5.75 Å². The second-order valence-electron chi connectivity index (χ2n) is 7.25. The fraction of sp³-hybridized carbons (Fsp3) is 0.500. The molecule has 1 unspecified atom stereocenters. The Hall–Kier alpha value is -2.30. The van der Waals surface area contributed by atoms with Gasteiger partial charge in [0.1, 0.15) is 12.4 Å². The van der Waals surface area contributed by atoms with E-state index >= 15 is 0 Å². The van der Waals surface area contributed by atoms with Gasteiger partial charge in [0, 0.05) is 11.0 Å². The van der Waals surface area contributed by atoms with Crippen LogP contribution in [0.3, 0.4) is 0 Å². The summed E-state index contributed by atoms with van der Waals surface area (Å²) >= 11 is 0. The zero-order chi connectivity index (χ0) is 18.7. The van der Waals surface area contributed by atoms with E-state index < -0.39 is 12.1 Å². The highest BCUT2D eigenvalue weighted by atomic mass is 16.6. The van der Waals surface area contributed by atoms with Crippen molar-refractivity contribution in [2.75, 3.05) is 13.2 Å². The van der Waals surface area contributed by atoms with Crippen molar-refractivity contribution in [2.45, 2.75) is 46.0 Å². The number of esters is 1. The van der Waals surface area contributed by atoms with Crippen molar-refractivity contribution in [2.24, 2.45) is 5.41 Å². The van der Waals surface area contributed by atoms with E-state index in [1.807, 2.05) is 24.3 Å². The summed E-state index contributed by atoms with van der Waals surface area (Å²) in [6.07, 6.45) is 1.71. The number of carbonyl (C=O) groups excluding carboxylic acids is 2. The molecule has 1 aromatic rings. The van der Waals surface area contributed by atoms with Crippen LogP contribution in [0.15, 0.2) is 36.4 Å². The molecule has 5 heteroatoms. The molecule has 1 aromatic carbocycles. The Morgan fingerprint density at radius 2 is 1.84 bits per heavy atom. The van der Waals surface area contributed by atoms with Crippen LogP contribution >= 0.6 is 0 Å². The molecule has 0 bridgehead atoms. The quantitative estimate of drug-likeness (QED) is 0.461. The predicted octanol–water partition coefficient (Wildman–Crippen LogP) is 3.97. The van der Waals surface area contributed by atoms with Crippen LogP contribution in [0.1, 0.15) is 46.1 Å².